The average molecular weight is 327 g/mol. The summed E-state index contributed by atoms with van der Waals surface area (Å²) in [6, 6.07) is 4.16. The molecule has 0 bridgehead atoms. The van der Waals surface area contributed by atoms with Gasteiger partial charge in [0.15, 0.2) is 0 Å². The van der Waals surface area contributed by atoms with Gasteiger partial charge in [-0.25, -0.2) is 0 Å². The third-order valence-corrected chi connectivity index (χ3v) is 4.16. The van der Waals surface area contributed by atoms with Crippen molar-refractivity contribution in [3.8, 4) is 0 Å². The van der Waals surface area contributed by atoms with Crippen molar-refractivity contribution in [1.82, 2.24) is 4.90 Å². The molecular formula is C14H19ClN4O3. The molecule has 1 amide bonds. The molecular weight excluding hydrogens is 308 g/mol. The Kier molecular flexibility index (Phi) is 5.00. The molecule has 0 aliphatic carbocycles. The van der Waals surface area contributed by atoms with Gasteiger partial charge in [-0.3, -0.25) is 19.8 Å². The summed E-state index contributed by atoms with van der Waals surface area (Å²) in [5.41, 5.74) is 5.71. The van der Waals surface area contributed by atoms with E-state index in [1.807, 2.05) is 4.90 Å². The lowest BCUT2D eigenvalue weighted by Gasteiger charge is -2.22. The van der Waals surface area contributed by atoms with Crippen LogP contribution in [0.25, 0.3) is 0 Å². The molecule has 7 nitrogen and oxygen atoms in total. The molecule has 1 atom stereocenters. The molecule has 0 aromatic heterocycles. The highest BCUT2D eigenvalue weighted by molar-refractivity contribution is 6.31. The van der Waals surface area contributed by atoms with Crippen molar-refractivity contribution in [2.24, 2.45) is 11.1 Å². The Hall–Kier alpha value is -1.70. The Balaban J connectivity index is 2.00. The summed E-state index contributed by atoms with van der Waals surface area (Å²) in [7, 11) is 0. The summed E-state index contributed by atoms with van der Waals surface area (Å²) < 4.78 is 0. The first-order valence-electron chi connectivity index (χ1n) is 6.99. The van der Waals surface area contributed by atoms with Gasteiger partial charge < -0.3 is 11.1 Å². The van der Waals surface area contributed by atoms with Crippen molar-refractivity contribution in [3.63, 3.8) is 0 Å². The van der Waals surface area contributed by atoms with Crippen LogP contribution in [0.4, 0.5) is 11.4 Å². The summed E-state index contributed by atoms with van der Waals surface area (Å²) in [6.45, 7) is 4.40. The Morgan fingerprint density at radius 3 is 2.91 bits per heavy atom. The van der Waals surface area contributed by atoms with Crippen molar-refractivity contribution in [3.05, 3.63) is 33.3 Å². The molecule has 1 saturated heterocycles. The second-order valence-electron chi connectivity index (χ2n) is 5.94. The lowest BCUT2D eigenvalue weighted by atomic mass is 9.90. The molecule has 0 spiro atoms. The molecule has 1 aromatic carbocycles. The number of rotatable bonds is 5. The van der Waals surface area contributed by atoms with Crippen LogP contribution in [0.15, 0.2) is 18.2 Å². The number of anilines is 1. The number of amides is 1. The van der Waals surface area contributed by atoms with E-state index >= 15 is 0 Å². The number of likely N-dealkylation sites (tertiary alicyclic amines) is 1. The lowest BCUT2D eigenvalue weighted by molar-refractivity contribution is -0.383. The number of hydrogen-bond acceptors (Lipinski definition) is 5. The number of carbonyl (C=O) groups excluding carboxylic acids is 1. The van der Waals surface area contributed by atoms with E-state index in [1.54, 1.807) is 0 Å². The summed E-state index contributed by atoms with van der Waals surface area (Å²) in [5, 5.41) is 13.8. The zero-order chi connectivity index (χ0) is 16.3. The van der Waals surface area contributed by atoms with Gasteiger partial charge in [-0.2, -0.15) is 0 Å². The highest BCUT2D eigenvalue weighted by Crippen LogP contribution is 2.29. The summed E-state index contributed by atoms with van der Waals surface area (Å²) in [6.07, 6.45) is 0.942. The Morgan fingerprint density at radius 2 is 2.32 bits per heavy atom. The zero-order valence-corrected chi connectivity index (χ0v) is 13.1. The topological polar surface area (TPSA) is 102 Å². The van der Waals surface area contributed by atoms with Crippen LogP contribution in [0, 0.1) is 15.5 Å². The number of carbonyl (C=O) groups is 1. The van der Waals surface area contributed by atoms with Gasteiger partial charge >= 0.3 is 0 Å². The molecule has 1 fully saturated rings. The van der Waals surface area contributed by atoms with Crippen LogP contribution in [-0.4, -0.2) is 41.9 Å². The Bertz CT molecular complexity index is 595. The maximum absolute atomic E-state index is 12.1. The normalized spacial score (nSPS) is 21.8. The van der Waals surface area contributed by atoms with Crippen molar-refractivity contribution in [1.29, 1.82) is 0 Å². The quantitative estimate of drug-likeness (QED) is 0.635. The first-order valence-corrected chi connectivity index (χ1v) is 7.37. The molecule has 3 N–H and O–H groups in total. The fourth-order valence-electron chi connectivity index (χ4n) is 2.58. The predicted octanol–water partition coefficient (Wildman–Crippen LogP) is 1.86. The van der Waals surface area contributed by atoms with Crippen LogP contribution < -0.4 is 11.1 Å². The minimum atomic E-state index is -0.567. The first kappa shape index (κ1) is 16.7. The minimum Gasteiger partial charge on any atom is -0.330 e. The number of halogens is 1. The second kappa shape index (κ2) is 6.60. The number of nitro groups is 1. The van der Waals surface area contributed by atoms with Gasteiger partial charge in [0.25, 0.3) is 5.69 Å². The predicted molar refractivity (Wildman–Crippen MR) is 85.0 cm³/mol. The molecule has 22 heavy (non-hydrogen) atoms. The molecule has 1 aliphatic rings. The van der Waals surface area contributed by atoms with Gasteiger partial charge in [-0.05, 0) is 37.1 Å². The second-order valence-corrected chi connectivity index (χ2v) is 6.38. The number of nitrogens with one attached hydrogen (secondary N) is 1. The van der Waals surface area contributed by atoms with E-state index in [4.69, 9.17) is 17.3 Å². The Morgan fingerprint density at radius 1 is 1.59 bits per heavy atom. The highest BCUT2D eigenvalue weighted by Gasteiger charge is 2.33. The van der Waals surface area contributed by atoms with E-state index < -0.39 is 4.92 Å². The van der Waals surface area contributed by atoms with Gasteiger partial charge in [0, 0.05) is 17.6 Å². The minimum absolute atomic E-state index is 0.0343. The molecule has 2 rings (SSSR count). The van der Waals surface area contributed by atoms with Crippen LogP contribution in [-0.2, 0) is 4.79 Å². The van der Waals surface area contributed by atoms with Gasteiger partial charge in [0.2, 0.25) is 5.91 Å². The van der Waals surface area contributed by atoms with E-state index in [-0.39, 0.29) is 34.3 Å². The lowest BCUT2D eigenvalue weighted by Crippen LogP contribution is -2.35. The number of nitrogens with zero attached hydrogens (tertiary/aromatic N) is 2. The maximum atomic E-state index is 12.1. The molecule has 1 aliphatic heterocycles. The Labute approximate surface area is 133 Å². The van der Waals surface area contributed by atoms with E-state index in [2.05, 4.69) is 12.2 Å². The van der Waals surface area contributed by atoms with Crippen molar-refractivity contribution < 1.29 is 9.72 Å². The van der Waals surface area contributed by atoms with Crippen LogP contribution >= 0.6 is 11.6 Å². The largest absolute Gasteiger partial charge is 0.330 e. The third kappa shape index (κ3) is 3.94. The SMILES string of the molecule is CC1(CN)CCN(CC(=O)Nc2ccc(Cl)cc2[N+](=O)[O-])C1. The van der Waals surface area contributed by atoms with Crippen LogP contribution in [0.2, 0.25) is 5.02 Å². The van der Waals surface area contributed by atoms with Crippen molar-refractivity contribution >= 4 is 28.9 Å². The summed E-state index contributed by atoms with van der Waals surface area (Å²) in [5.74, 6) is -0.285. The first-order chi connectivity index (χ1) is 10.3. The van der Waals surface area contributed by atoms with Gasteiger partial charge in [-0.15, -0.1) is 0 Å². The molecule has 120 valence electrons. The van der Waals surface area contributed by atoms with Crippen molar-refractivity contribution in [2.75, 3.05) is 31.5 Å². The molecule has 1 heterocycles. The molecule has 0 saturated carbocycles. The zero-order valence-electron chi connectivity index (χ0n) is 12.3. The van der Waals surface area contributed by atoms with Gasteiger partial charge in [-0.1, -0.05) is 18.5 Å². The van der Waals surface area contributed by atoms with Crippen LogP contribution in [0.3, 0.4) is 0 Å². The molecule has 8 heteroatoms. The average Bonchev–Trinajstić information content (AvgIpc) is 2.82. The van der Waals surface area contributed by atoms with Gasteiger partial charge in [0.05, 0.1) is 11.5 Å². The number of nitrogens with two attached hydrogens (primary N) is 1. The van der Waals surface area contributed by atoms with Crippen LogP contribution in [0.5, 0.6) is 0 Å². The van der Waals surface area contributed by atoms with Crippen molar-refractivity contribution in [2.45, 2.75) is 13.3 Å². The molecule has 1 aromatic rings. The van der Waals surface area contributed by atoms with E-state index in [0.29, 0.717) is 6.54 Å². The molecule has 0 radical (unpaired) electrons. The van der Waals surface area contributed by atoms with E-state index in [1.165, 1.54) is 18.2 Å². The smallest absolute Gasteiger partial charge is 0.294 e. The molecule has 1 unspecified atom stereocenters. The fraction of sp³-hybridized carbons (Fsp3) is 0.500. The monoisotopic (exact) mass is 326 g/mol. The maximum Gasteiger partial charge on any atom is 0.294 e. The van der Waals surface area contributed by atoms with E-state index in [9.17, 15) is 14.9 Å². The number of hydrogen-bond donors (Lipinski definition) is 2. The number of nitro benzene ring substituents is 1. The van der Waals surface area contributed by atoms with E-state index in [0.717, 1.165) is 19.5 Å². The summed E-state index contributed by atoms with van der Waals surface area (Å²) >= 11 is 5.75. The number of benzene rings is 1. The van der Waals surface area contributed by atoms with Gasteiger partial charge in [0.1, 0.15) is 5.69 Å². The third-order valence-electron chi connectivity index (χ3n) is 3.93. The summed E-state index contributed by atoms with van der Waals surface area (Å²) in [4.78, 5) is 24.5. The van der Waals surface area contributed by atoms with Crippen LogP contribution in [0.1, 0.15) is 13.3 Å². The highest BCUT2D eigenvalue weighted by atomic mass is 35.5. The standard InChI is InChI=1S/C14H19ClN4O3/c1-14(8-16)4-5-18(9-14)7-13(20)17-11-3-2-10(15)6-12(11)19(21)22/h2-3,6H,4-5,7-9,16H2,1H3,(H,17,20). The fourth-order valence-corrected chi connectivity index (χ4v) is 2.75.